The van der Waals surface area contributed by atoms with E-state index < -0.39 is 0 Å². The molecule has 2 aromatic rings. The molecular weight excluding hydrogens is 289 g/mol. The van der Waals surface area contributed by atoms with Gasteiger partial charge in [-0.25, -0.2) is 4.39 Å². The maximum absolute atomic E-state index is 13.4. The van der Waals surface area contributed by atoms with Crippen LogP contribution in [0.3, 0.4) is 0 Å². The molecule has 2 rings (SSSR count). The number of nitrogens with zero attached hydrogens (tertiary/aromatic N) is 1. The molecular formula is C16H18FNS2. The highest BCUT2D eigenvalue weighted by molar-refractivity contribution is 7.99. The second kappa shape index (κ2) is 7.16. The summed E-state index contributed by atoms with van der Waals surface area (Å²) in [5.74, 6) is -0.177. The topological polar surface area (TPSA) is 3.24 Å². The largest absolute Gasteiger partial charge is 0.305 e. The van der Waals surface area contributed by atoms with Gasteiger partial charge in [0, 0.05) is 21.2 Å². The SMILES string of the molecule is CSc1ccc(Sc2ccc(F)cc2CN(C)C)cc1. The van der Waals surface area contributed by atoms with Gasteiger partial charge in [-0.15, -0.1) is 11.8 Å². The third-order valence-electron chi connectivity index (χ3n) is 2.80. The van der Waals surface area contributed by atoms with Gasteiger partial charge in [-0.05, 0) is 68.4 Å². The lowest BCUT2D eigenvalue weighted by atomic mass is 10.2. The predicted octanol–water partition coefficient (Wildman–Crippen LogP) is 4.76. The monoisotopic (exact) mass is 307 g/mol. The van der Waals surface area contributed by atoms with E-state index in [0.29, 0.717) is 0 Å². The van der Waals surface area contributed by atoms with Crippen LogP contribution in [0.15, 0.2) is 57.2 Å². The van der Waals surface area contributed by atoms with Crippen LogP contribution in [0, 0.1) is 5.82 Å². The average molecular weight is 307 g/mol. The van der Waals surface area contributed by atoms with Crippen molar-refractivity contribution in [3.63, 3.8) is 0 Å². The van der Waals surface area contributed by atoms with Gasteiger partial charge < -0.3 is 4.90 Å². The first-order chi connectivity index (χ1) is 9.58. The maximum atomic E-state index is 13.4. The van der Waals surface area contributed by atoms with Gasteiger partial charge in [0.25, 0.3) is 0 Å². The van der Waals surface area contributed by atoms with E-state index in [1.807, 2.05) is 20.2 Å². The van der Waals surface area contributed by atoms with Crippen molar-refractivity contribution in [3.05, 3.63) is 53.8 Å². The molecule has 0 unspecified atom stereocenters. The van der Waals surface area contributed by atoms with E-state index in [-0.39, 0.29) is 5.82 Å². The van der Waals surface area contributed by atoms with Crippen molar-refractivity contribution >= 4 is 23.5 Å². The van der Waals surface area contributed by atoms with E-state index >= 15 is 0 Å². The first kappa shape index (κ1) is 15.4. The third kappa shape index (κ3) is 4.27. The minimum absolute atomic E-state index is 0.177. The molecule has 0 aromatic heterocycles. The highest BCUT2D eigenvalue weighted by Crippen LogP contribution is 2.32. The fourth-order valence-corrected chi connectivity index (χ4v) is 3.21. The van der Waals surface area contributed by atoms with Crippen molar-refractivity contribution in [3.8, 4) is 0 Å². The van der Waals surface area contributed by atoms with Crippen LogP contribution in [-0.4, -0.2) is 25.3 Å². The molecule has 0 atom stereocenters. The molecule has 0 aliphatic carbocycles. The number of rotatable bonds is 5. The minimum Gasteiger partial charge on any atom is -0.305 e. The Morgan fingerprint density at radius 1 is 1.00 bits per heavy atom. The van der Waals surface area contributed by atoms with Crippen molar-refractivity contribution in [2.75, 3.05) is 20.4 Å². The summed E-state index contributed by atoms with van der Waals surface area (Å²) in [6.07, 6.45) is 2.07. The summed E-state index contributed by atoms with van der Waals surface area (Å²) in [4.78, 5) is 5.59. The molecule has 2 aromatic carbocycles. The molecule has 0 aliphatic rings. The Kier molecular flexibility index (Phi) is 5.52. The first-order valence-electron chi connectivity index (χ1n) is 6.33. The Bertz CT molecular complexity index is 567. The second-order valence-corrected chi connectivity index (χ2v) is 6.76. The molecule has 0 radical (unpaired) electrons. The van der Waals surface area contributed by atoms with Crippen LogP contribution in [-0.2, 0) is 6.54 Å². The second-order valence-electron chi connectivity index (χ2n) is 4.77. The molecule has 0 heterocycles. The van der Waals surface area contributed by atoms with Gasteiger partial charge in [-0.2, -0.15) is 0 Å². The van der Waals surface area contributed by atoms with Crippen molar-refractivity contribution in [2.45, 2.75) is 21.2 Å². The van der Waals surface area contributed by atoms with E-state index in [1.54, 1.807) is 29.6 Å². The normalized spacial score (nSPS) is 11.1. The van der Waals surface area contributed by atoms with Crippen molar-refractivity contribution in [2.24, 2.45) is 0 Å². The van der Waals surface area contributed by atoms with E-state index in [2.05, 4.69) is 35.4 Å². The number of benzene rings is 2. The quantitative estimate of drug-likeness (QED) is 0.733. The molecule has 0 aliphatic heterocycles. The van der Waals surface area contributed by atoms with E-state index in [1.165, 1.54) is 15.9 Å². The Hall–Kier alpha value is -0.970. The van der Waals surface area contributed by atoms with Crippen LogP contribution in [0.4, 0.5) is 4.39 Å². The van der Waals surface area contributed by atoms with Gasteiger partial charge >= 0.3 is 0 Å². The fourth-order valence-electron chi connectivity index (χ4n) is 1.88. The lowest BCUT2D eigenvalue weighted by Gasteiger charge is -2.14. The van der Waals surface area contributed by atoms with Gasteiger partial charge in [-0.3, -0.25) is 0 Å². The summed E-state index contributed by atoms with van der Waals surface area (Å²) >= 11 is 3.41. The Morgan fingerprint density at radius 3 is 2.25 bits per heavy atom. The minimum atomic E-state index is -0.177. The number of thioether (sulfide) groups is 1. The van der Waals surface area contributed by atoms with Crippen LogP contribution in [0.2, 0.25) is 0 Å². The fraction of sp³-hybridized carbons (Fsp3) is 0.250. The van der Waals surface area contributed by atoms with Gasteiger partial charge in [0.15, 0.2) is 0 Å². The molecule has 106 valence electrons. The van der Waals surface area contributed by atoms with Crippen molar-refractivity contribution in [1.29, 1.82) is 0 Å². The summed E-state index contributed by atoms with van der Waals surface area (Å²) in [6, 6.07) is 13.5. The third-order valence-corrected chi connectivity index (χ3v) is 4.67. The lowest BCUT2D eigenvalue weighted by molar-refractivity contribution is 0.398. The van der Waals surface area contributed by atoms with Crippen LogP contribution >= 0.6 is 23.5 Å². The molecule has 0 saturated heterocycles. The van der Waals surface area contributed by atoms with Crippen molar-refractivity contribution in [1.82, 2.24) is 4.90 Å². The zero-order chi connectivity index (χ0) is 14.5. The highest BCUT2D eigenvalue weighted by Gasteiger charge is 2.07. The number of halogens is 1. The Labute approximate surface area is 128 Å². The smallest absolute Gasteiger partial charge is 0.123 e. The molecule has 0 spiro atoms. The lowest BCUT2D eigenvalue weighted by Crippen LogP contribution is -2.11. The molecule has 0 amide bonds. The van der Waals surface area contributed by atoms with Crippen LogP contribution in [0.1, 0.15) is 5.56 Å². The summed E-state index contributed by atoms with van der Waals surface area (Å²) in [5.41, 5.74) is 1.02. The Balaban J connectivity index is 2.22. The van der Waals surface area contributed by atoms with E-state index in [4.69, 9.17) is 0 Å². The number of hydrogen-bond acceptors (Lipinski definition) is 3. The van der Waals surface area contributed by atoms with Gasteiger partial charge in [0.1, 0.15) is 5.82 Å². The molecule has 0 fully saturated rings. The maximum Gasteiger partial charge on any atom is 0.123 e. The van der Waals surface area contributed by atoms with Crippen LogP contribution in [0.5, 0.6) is 0 Å². The van der Waals surface area contributed by atoms with Crippen LogP contribution in [0.25, 0.3) is 0 Å². The molecule has 1 nitrogen and oxygen atoms in total. The molecule has 20 heavy (non-hydrogen) atoms. The standard InChI is InChI=1S/C16H18FNS2/c1-18(2)11-12-10-13(17)4-9-16(12)20-15-7-5-14(19-3)6-8-15/h4-10H,11H2,1-3H3. The van der Waals surface area contributed by atoms with Crippen molar-refractivity contribution < 1.29 is 4.39 Å². The van der Waals surface area contributed by atoms with E-state index in [9.17, 15) is 4.39 Å². The predicted molar refractivity (Wildman–Crippen MR) is 86.1 cm³/mol. The summed E-state index contributed by atoms with van der Waals surface area (Å²) < 4.78 is 13.4. The summed E-state index contributed by atoms with van der Waals surface area (Å²) in [7, 11) is 3.99. The van der Waals surface area contributed by atoms with Gasteiger partial charge in [0.05, 0.1) is 0 Å². The van der Waals surface area contributed by atoms with Gasteiger partial charge in [0.2, 0.25) is 0 Å². The first-order valence-corrected chi connectivity index (χ1v) is 8.37. The van der Waals surface area contributed by atoms with Gasteiger partial charge in [-0.1, -0.05) is 11.8 Å². The molecule has 0 bridgehead atoms. The van der Waals surface area contributed by atoms with Crippen LogP contribution < -0.4 is 0 Å². The van der Waals surface area contributed by atoms with E-state index in [0.717, 1.165) is 17.0 Å². The highest BCUT2D eigenvalue weighted by atomic mass is 32.2. The molecule has 4 heteroatoms. The Morgan fingerprint density at radius 2 is 1.65 bits per heavy atom. The average Bonchev–Trinajstić information content (AvgIpc) is 2.42. The molecule has 0 N–H and O–H groups in total. The summed E-state index contributed by atoms with van der Waals surface area (Å²) in [5, 5.41) is 0. The molecule has 0 saturated carbocycles. The number of hydrogen-bond donors (Lipinski definition) is 0. The summed E-state index contributed by atoms with van der Waals surface area (Å²) in [6.45, 7) is 0.739. The zero-order valence-corrected chi connectivity index (χ0v) is 13.5. The zero-order valence-electron chi connectivity index (χ0n) is 11.9.